The molecule has 0 N–H and O–H groups in total. The molecular weight excluding hydrogens is 1080 g/mol. The van der Waals surface area contributed by atoms with Crippen molar-refractivity contribution < 1.29 is 48.6 Å². The van der Waals surface area contributed by atoms with Crippen LogP contribution in [0.3, 0.4) is 0 Å². The van der Waals surface area contributed by atoms with Gasteiger partial charge < -0.3 is 9.47 Å². The second kappa shape index (κ2) is 31.4. The van der Waals surface area contributed by atoms with Crippen LogP contribution >= 0.6 is 0 Å². The molecule has 0 aromatic heterocycles. The van der Waals surface area contributed by atoms with Crippen LogP contribution in [0.1, 0.15) is 326 Å². The third-order valence-electron chi connectivity index (χ3n) is 29.2. The van der Waals surface area contributed by atoms with Crippen molar-refractivity contribution >= 4 is 0 Å². The fourth-order valence-corrected chi connectivity index (χ4v) is 21.6. The second-order valence-electron chi connectivity index (χ2n) is 35.1. The van der Waals surface area contributed by atoms with Gasteiger partial charge in [-0.2, -0.15) is 0 Å². The predicted octanol–water partition coefficient (Wildman–Crippen LogP) is 20.8. The largest absolute Gasteiger partial charge is 0.381 e. The fourth-order valence-electron chi connectivity index (χ4n) is 21.6. The van der Waals surface area contributed by atoms with Gasteiger partial charge in [0.15, 0.2) is 0 Å². The van der Waals surface area contributed by atoms with Gasteiger partial charge in [0, 0.05) is 14.2 Å². The van der Waals surface area contributed by atoms with Gasteiger partial charge in [-0.15, -0.1) is 0 Å². The van der Waals surface area contributed by atoms with Crippen LogP contribution in [-0.4, -0.2) is 75.3 Å². The molecule has 10 fully saturated rings. The lowest BCUT2D eigenvalue weighted by Gasteiger charge is -2.47. The van der Waals surface area contributed by atoms with Gasteiger partial charge in [0.1, 0.15) is 0 Å². The van der Waals surface area contributed by atoms with Gasteiger partial charge >= 0.3 is 0 Å². The summed E-state index contributed by atoms with van der Waals surface area (Å²) >= 11 is 0. The maximum atomic E-state index is 6.32. The van der Waals surface area contributed by atoms with Gasteiger partial charge in [-0.1, -0.05) is 69.2 Å². The van der Waals surface area contributed by atoms with Crippen molar-refractivity contribution in [3.05, 3.63) is 0 Å². The molecule has 0 spiro atoms. The first-order valence-corrected chi connectivity index (χ1v) is 38.1. The molecule has 10 saturated carbocycles. The van der Waals surface area contributed by atoms with Gasteiger partial charge in [0.2, 0.25) is 0 Å². The van der Waals surface area contributed by atoms with Crippen molar-refractivity contribution in [1.29, 1.82) is 0 Å². The van der Waals surface area contributed by atoms with Gasteiger partial charge in [0.25, 0.3) is 0 Å². The van der Waals surface area contributed by atoms with E-state index in [1.165, 1.54) is 154 Å². The summed E-state index contributed by atoms with van der Waals surface area (Å²) in [4.78, 5) is 50.2. The first kappa shape index (κ1) is 69.4. The number of hydrogen-bond acceptors (Lipinski definition) is 10. The zero-order chi connectivity index (χ0) is 61.4. The summed E-state index contributed by atoms with van der Waals surface area (Å²) in [5.41, 5.74) is 1.81. The van der Waals surface area contributed by atoms with E-state index >= 15 is 0 Å². The second-order valence-corrected chi connectivity index (χ2v) is 35.1. The van der Waals surface area contributed by atoms with Crippen LogP contribution in [-0.2, 0) is 48.6 Å². The van der Waals surface area contributed by atoms with E-state index in [9.17, 15) is 0 Å². The number of methoxy groups -OCH3 is 2. The fraction of sp³-hybridized carbons (Fsp3) is 1.00. The van der Waals surface area contributed by atoms with E-state index < -0.39 is 0 Å². The zero-order valence-corrected chi connectivity index (χ0v) is 58.4. The van der Waals surface area contributed by atoms with Crippen LogP contribution in [0, 0.1) is 86.3 Å². The van der Waals surface area contributed by atoms with E-state index in [0.29, 0.717) is 39.3 Å². The van der Waals surface area contributed by atoms with Crippen LogP contribution in [0.25, 0.3) is 0 Å². The molecule has 10 aliphatic carbocycles. The van der Waals surface area contributed by atoms with E-state index in [1.54, 1.807) is 0 Å². The van der Waals surface area contributed by atoms with E-state index in [1.807, 2.05) is 14.2 Å². The lowest BCUT2D eigenvalue weighted by atomic mass is 9.60. The third kappa shape index (κ3) is 17.7. The lowest BCUT2D eigenvalue weighted by molar-refractivity contribution is -0.363. The summed E-state index contributed by atoms with van der Waals surface area (Å²) < 4.78 is 11.4. The molecule has 504 valence electrons. The molecule has 10 aliphatic rings. The molecule has 0 aromatic carbocycles. The van der Waals surface area contributed by atoms with Crippen molar-refractivity contribution in [1.82, 2.24) is 0 Å². The number of hydrogen-bond donors (Lipinski definition) is 0. The molecule has 0 aromatic rings. The molecule has 0 aliphatic heterocycles. The summed E-state index contributed by atoms with van der Waals surface area (Å²) in [6.07, 6.45) is 51.4. The van der Waals surface area contributed by atoms with Crippen LogP contribution < -0.4 is 0 Å². The minimum absolute atomic E-state index is 0.240. The highest BCUT2D eigenvalue weighted by molar-refractivity contribution is 4.97. The average Bonchev–Trinajstić information content (AvgIpc) is 2.81. The van der Waals surface area contributed by atoms with Crippen LogP contribution in [0.2, 0.25) is 0 Å². The number of ether oxygens (including phenoxy) is 2. The van der Waals surface area contributed by atoms with Gasteiger partial charge in [-0.3, -0.25) is 0 Å². The maximum absolute atomic E-state index is 6.32. The van der Waals surface area contributed by atoms with Gasteiger partial charge in [-0.05, 0) is 343 Å². The Hall–Kier alpha value is -0.400. The molecule has 87 heavy (non-hydrogen) atoms. The van der Waals surface area contributed by atoms with E-state index in [2.05, 4.69) is 69.2 Å². The molecule has 10 heteroatoms. The summed E-state index contributed by atoms with van der Waals surface area (Å²) in [6, 6.07) is 0. The van der Waals surface area contributed by atoms with Crippen molar-refractivity contribution in [2.45, 2.75) is 387 Å². The van der Waals surface area contributed by atoms with Crippen molar-refractivity contribution in [2.75, 3.05) is 14.2 Å². The summed E-state index contributed by atoms with van der Waals surface area (Å²) in [7, 11) is 3.77. The molecule has 0 saturated heterocycles. The Labute approximate surface area is 533 Å². The molecule has 0 unspecified atom stereocenters. The Morgan fingerprint density at radius 2 is 0.241 bits per heavy atom. The minimum Gasteiger partial charge on any atom is -0.381 e. The number of rotatable bonds is 24. The summed E-state index contributed by atoms with van der Waals surface area (Å²) in [5.74, 6) is 7.73. The van der Waals surface area contributed by atoms with E-state index in [4.69, 9.17) is 48.6 Å². The Kier molecular flexibility index (Phi) is 25.1. The molecule has 10 nitrogen and oxygen atoms in total. The van der Waals surface area contributed by atoms with E-state index in [-0.39, 0.29) is 48.8 Å². The average molecular weight is 1220 g/mol. The van der Waals surface area contributed by atoms with Gasteiger partial charge in [0.05, 0.1) is 61.0 Å². The topological polar surface area (TPSA) is 92.3 Å². The Balaban J connectivity index is 0.536. The van der Waals surface area contributed by atoms with E-state index in [0.717, 1.165) is 162 Å². The maximum Gasteiger partial charge on any atom is 0.0930 e. The molecule has 0 amide bonds. The SMILES string of the molecule is COC1CCC(C(C)(C)C2CCC(OOC3CCC(C(C)(C)C4CCC(OOC5CCC(C(C)(C)C6CCC(OOC7CCC(C(C)(C)C8CCC(OOC9CCC(C(C)(C)C%10CCC(OC)CC%10)CC9)CC8)CC7)CC6)CC5)CC4)CC3)CC2)CC1. The predicted molar refractivity (Wildman–Crippen MR) is 349 cm³/mol. The Morgan fingerprint density at radius 1 is 0.149 bits per heavy atom. The smallest absolute Gasteiger partial charge is 0.0930 e. The highest BCUT2D eigenvalue weighted by Gasteiger charge is 2.47. The molecule has 0 atom stereocenters. The standard InChI is InChI=1S/C77H136O10/c1-73(2,53-13-33-63(78-11)34-14-53)55-17-37-65(38-18-55)80-82-67-41-21-57(22-42-67)75(5,6)59-25-45-69(46-26-59)84-86-71-49-29-61(30-50-71)77(9,10)62-31-51-72(52-32-62)87-85-70-47-27-60(28-48-70)76(7,8)58-23-43-68(44-24-58)83-81-66-39-19-56(20-40-66)74(3,4)54-15-35-64(79-12)36-16-54/h53-72H,13-52H2,1-12H3. The van der Waals surface area contributed by atoms with Crippen molar-refractivity contribution in [3.8, 4) is 0 Å². The van der Waals surface area contributed by atoms with Crippen molar-refractivity contribution in [3.63, 3.8) is 0 Å². The quantitative estimate of drug-likeness (QED) is 0.0687. The Morgan fingerprint density at radius 3 is 0.333 bits per heavy atom. The molecule has 0 bridgehead atoms. The summed E-state index contributed by atoms with van der Waals surface area (Å²) in [5, 5.41) is 0. The van der Waals surface area contributed by atoms with Crippen LogP contribution in [0.5, 0.6) is 0 Å². The molecule has 10 rings (SSSR count). The highest BCUT2D eigenvalue weighted by Crippen LogP contribution is 2.55. The first-order valence-electron chi connectivity index (χ1n) is 38.1. The lowest BCUT2D eigenvalue weighted by Crippen LogP contribution is -2.40. The third-order valence-corrected chi connectivity index (χ3v) is 29.2. The van der Waals surface area contributed by atoms with Crippen LogP contribution in [0.4, 0.5) is 0 Å². The minimum atomic E-state index is 0.240. The zero-order valence-electron chi connectivity index (χ0n) is 58.4. The molecular formula is C77H136O10. The normalized spacial score (nSPS) is 40.4. The molecule has 0 radical (unpaired) electrons. The molecule has 0 heterocycles. The Bertz CT molecular complexity index is 1800. The van der Waals surface area contributed by atoms with Crippen molar-refractivity contribution in [2.24, 2.45) is 86.3 Å². The summed E-state index contributed by atoms with van der Waals surface area (Å²) in [6.45, 7) is 25.6. The monoisotopic (exact) mass is 1220 g/mol. The first-order chi connectivity index (χ1) is 41.7. The van der Waals surface area contributed by atoms with Crippen LogP contribution in [0.15, 0.2) is 0 Å². The van der Waals surface area contributed by atoms with Gasteiger partial charge in [-0.25, -0.2) is 39.1 Å². The highest BCUT2D eigenvalue weighted by atomic mass is 17.2.